The highest BCUT2D eigenvalue weighted by atomic mass is 79.9. The van der Waals surface area contributed by atoms with Crippen molar-refractivity contribution < 1.29 is 9.47 Å². The van der Waals surface area contributed by atoms with Crippen LogP contribution in [0, 0.1) is 13.8 Å². The topological polar surface area (TPSA) is 70.0 Å². The second kappa shape index (κ2) is 11.9. The van der Waals surface area contributed by atoms with Crippen LogP contribution in [0.4, 0.5) is 0 Å². The molecule has 0 aliphatic carbocycles. The van der Waals surface area contributed by atoms with Gasteiger partial charge in [0.1, 0.15) is 35.2 Å². The lowest BCUT2D eigenvalue weighted by atomic mass is 10.1. The standard InChI is InChI=1S/C26H28Br2N4O2/c1-17-21-11-19(27)13-23(25(21)31-15-29-17)33-9-7-5-3-4-6-8-10-34-24-14-20(28)12-22-18(2)30-16-32-26(22)24/h11-16H,3-10H2,1-2H3. The molecule has 8 heteroatoms. The molecule has 0 aliphatic heterocycles. The lowest BCUT2D eigenvalue weighted by molar-refractivity contribution is 0.299. The third-order valence-corrected chi connectivity index (χ3v) is 6.70. The summed E-state index contributed by atoms with van der Waals surface area (Å²) in [5.74, 6) is 1.63. The third-order valence-electron chi connectivity index (χ3n) is 5.79. The smallest absolute Gasteiger partial charge is 0.146 e. The van der Waals surface area contributed by atoms with Crippen LogP contribution in [-0.4, -0.2) is 33.1 Å². The second-order valence-corrected chi connectivity index (χ2v) is 10.2. The molecule has 0 atom stereocenters. The molecule has 4 aromatic rings. The van der Waals surface area contributed by atoms with Crippen molar-refractivity contribution in [1.29, 1.82) is 0 Å². The van der Waals surface area contributed by atoms with Crippen LogP contribution in [0.3, 0.4) is 0 Å². The van der Waals surface area contributed by atoms with E-state index < -0.39 is 0 Å². The molecule has 0 fully saturated rings. The minimum atomic E-state index is 0.689. The van der Waals surface area contributed by atoms with Crippen LogP contribution >= 0.6 is 31.9 Å². The first kappa shape index (κ1) is 24.8. The Morgan fingerprint density at radius 2 is 1.00 bits per heavy atom. The van der Waals surface area contributed by atoms with Gasteiger partial charge in [-0.1, -0.05) is 57.5 Å². The molecule has 0 saturated carbocycles. The van der Waals surface area contributed by atoms with Crippen LogP contribution in [0.2, 0.25) is 0 Å². The molecule has 0 spiro atoms. The molecule has 0 aliphatic rings. The van der Waals surface area contributed by atoms with Gasteiger partial charge in [0.2, 0.25) is 0 Å². The van der Waals surface area contributed by atoms with Crippen LogP contribution in [0.25, 0.3) is 21.8 Å². The summed E-state index contributed by atoms with van der Waals surface area (Å²) in [5, 5.41) is 2.04. The molecule has 0 unspecified atom stereocenters. The molecule has 0 saturated heterocycles. The Labute approximate surface area is 216 Å². The normalized spacial score (nSPS) is 11.3. The van der Waals surface area contributed by atoms with Gasteiger partial charge in [-0.05, 0) is 51.0 Å². The molecule has 0 N–H and O–H groups in total. The van der Waals surface area contributed by atoms with E-state index in [1.54, 1.807) is 12.7 Å². The Hall–Kier alpha value is -2.32. The fourth-order valence-electron chi connectivity index (χ4n) is 3.95. The van der Waals surface area contributed by atoms with Crippen LogP contribution in [-0.2, 0) is 0 Å². The molecular weight excluding hydrogens is 560 g/mol. The van der Waals surface area contributed by atoms with E-state index in [9.17, 15) is 0 Å². The summed E-state index contributed by atoms with van der Waals surface area (Å²) < 4.78 is 14.1. The number of fused-ring (bicyclic) bond motifs is 2. The first-order valence-electron chi connectivity index (χ1n) is 11.6. The third kappa shape index (κ3) is 6.21. The maximum Gasteiger partial charge on any atom is 0.146 e. The zero-order valence-corrected chi connectivity index (χ0v) is 22.7. The van der Waals surface area contributed by atoms with Gasteiger partial charge in [0.05, 0.1) is 13.2 Å². The molecule has 0 bridgehead atoms. The summed E-state index contributed by atoms with van der Waals surface area (Å²) >= 11 is 7.12. The van der Waals surface area contributed by atoms with Gasteiger partial charge in [0.25, 0.3) is 0 Å². The van der Waals surface area contributed by atoms with Gasteiger partial charge < -0.3 is 9.47 Å². The van der Waals surface area contributed by atoms with Gasteiger partial charge in [0, 0.05) is 31.1 Å². The summed E-state index contributed by atoms with van der Waals surface area (Å²) in [6, 6.07) is 8.04. The number of aryl methyl sites for hydroxylation is 2. The Balaban J connectivity index is 1.14. The average molecular weight is 588 g/mol. The minimum Gasteiger partial charge on any atom is -0.491 e. The maximum atomic E-state index is 6.05. The Bertz CT molecular complexity index is 1180. The highest BCUT2D eigenvalue weighted by Crippen LogP contribution is 2.31. The van der Waals surface area contributed by atoms with Gasteiger partial charge in [0.15, 0.2) is 0 Å². The molecule has 6 nitrogen and oxygen atoms in total. The quantitative estimate of drug-likeness (QED) is 0.169. The summed E-state index contributed by atoms with van der Waals surface area (Å²) in [4.78, 5) is 17.4. The number of benzene rings is 2. The van der Waals surface area contributed by atoms with Gasteiger partial charge in [-0.3, -0.25) is 0 Å². The van der Waals surface area contributed by atoms with E-state index in [1.807, 2.05) is 38.1 Å². The number of hydrogen-bond donors (Lipinski definition) is 0. The first-order chi connectivity index (χ1) is 16.5. The van der Waals surface area contributed by atoms with Crippen molar-refractivity contribution in [2.75, 3.05) is 13.2 Å². The van der Waals surface area contributed by atoms with E-state index in [2.05, 4.69) is 51.8 Å². The number of nitrogens with zero attached hydrogens (tertiary/aromatic N) is 4. The lowest BCUT2D eigenvalue weighted by Gasteiger charge is -2.11. The van der Waals surface area contributed by atoms with Crippen molar-refractivity contribution in [2.24, 2.45) is 0 Å². The number of hydrogen-bond acceptors (Lipinski definition) is 6. The summed E-state index contributed by atoms with van der Waals surface area (Å²) in [6.45, 7) is 5.35. The van der Waals surface area contributed by atoms with Gasteiger partial charge in [-0.25, -0.2) is 19.9 Å². The predicted octanol–water partition coefficient (Wildman–Crippen LogP) is 7.51. The van der Waals surface area contributed by atoms with Crippen LogP contribution < -0.4 is 9.47 Å². The zero-order valence-electron chi connectivity index (χ0n) is 19.5. The average Bonchev–Trinajstić information content (AvgIpc) is 2.81. The molecular formula is C26H28Br2N4O2. The van der Waals surface area contributed by atoms with Crippen molar-refractivity contribution in [2.45, 2.75) is 52.4 Å². The monoisotopic (exact) mass is 586 g/mol. The maximum absolute atomic E-state index is 6.05. The molecule has 4 rings (SSSR count). The highest BCUT2D eigenvalue weighted by Gasteiger charge is 2.10. The number of unbranched alkanes of at least 4 members (excludes halogenated alkanes) is 5. The molecule has 0 amide bonds. The molecule has 2 aromatic carbocycles. The fourth-order valence-corrected chi connectivity index (χ4v) is 4.82. The van der Waals surface area contributed by atoms with Crippen molar-refractivity contribution in [3.8, 4) is 11.5 Å². The Kier molecular flexibility index (Phi) is 8.67. The minimum absolute atomic E-state index is 0.689. The predicted molar refractivity (Wildman–Crippen MR) is 143 cm³/mol. The zero-order chi connectivity index (χ0) is 23.9. The van der Waals surface area contributed by atoms with Gasteiger partial charge >= 0.3 is 0 Å². The van der Waals surface area contributed by atoms with E-state index in [4.69, 9.17) is 9.47 Å². The molecule has 2 heterocycles. The highest BCUT2D eigenvalue weighted by molar-refractivity contribution is 9.10. The molecule has 2 aromatic heterocycles. The summed E-state index contributed by atoms with van der Waals surface area (Å²) in [5.41, 5.74) is 3.65. The van der Waals surface area contributed by atoms with Crippen LogP contribution in [0.1, 0.15) is 49.9 Å². The van der Waals surface area contributed by atoms with E-state index in [-0.39, 0.29) is 0 Å². The number of ether oxygens (including phenoxy) is 2. The molecule has 178 valence electrons. The van der Waals surface area contributed by atoms with Crippen molar-refractivity contribution >= 4 is 53.7 Å². The summed E-state index contributed by atoms with van der Waals surface area (Å²) in [6.07, 6.45) is 9.91. The van der Waals surface area contributed by atoms with Gasteiger partial charge in [-0.15, -0.1) is 0 Å². The summed E-state index contributed by atoms with van der Waals surface area (Å²) in [7, 11) is 0. The number of rotatable bonds is 11. The fraction of sp³-hybridized carbons (Fsp3) is 0.385. The number of halogens is 2. The van der Waals surface area contributed by atoms with Crippen LogP contribution in [0.5, 0.6) is 11.5 Å². The molecule has 34 heavy (non-hydrogen) atoms. The van der Waals surface area contributed by atoms with E-state index in [0.717, 1.165) is 79.3 Å². The van der Waals surface area contributed by atoms with Crippen molar-refractivity contribution in [3.05, 3.63) is 57.3 Å². The number of aromatic nitrogens is 4. The van der Waals surface area contributed by atoms with Gasteiger partial charge in [-0.2, -0.15) is 0 Å². The van der Waals surface area contributed by atoms with E-state index >= 15 is 0 Å². The van der Waals surface area contributed by atoms with Crippen LogP contribution in [0.15, 0.2) is 45.9 Å². The van der Waals surface area contributed by atoms with E-state index in [1.165, 1.54) is 12.8 Å². The second-order valence-electron chi connectivity index (χ2n) is 8.34. The lowest BCUT2D eigenvalue weighted by Crippen LogP contribution is -2.01. The SMILES string of the molecule is Cc1ncnc2c(OCCCCCCCCOc3cc(Br)cc4c(C)ncnc34)cc(Br)cc12. The van der Waals surface area contributed by atoms with E-state index in [0.29, 0.717) is 13.2 Å². The Morgan fingerprint density at radius 3 is 1.44 bits per heavy atom. The first-order valence-corrected chi connectivity index (χ1v) is 13.2. The van der Waals surface area contributed by atoms with Crippen molar-refractivity contribution in [3.63, 3.8) is 0 Å². The largest absolute Gasteiger partial charge is 0.491 e. The Morgan fingerprint density at radius 1 is 0.588 bits per heavy atom. The molecule has 0 radical (unpaired) electrons. The van der Waals surface area contributed by atoms with Crippen molar-refractivity contribution in [1.82, 2.24) is 19.9 Å².